The molecular formula is C31H50ClNO4Si2. The van der Waals surface area contributed by atoms with Gasteiger partial charge < -0.3 is 13.6 Å². The summed E-state index contributed by atoms with van der Waals surface area (Å²) in [6.45, 7) is 23.8. The second kappa shape index (κ2) is 12.8. The van der Waals surface area contributed by atoms with E-state index in [1.54, 1.807) is 7.05 Å². The molecule has 2 rings (SSSR count). The first kappa shape index (κ1) is 33.4. The topological polar surface area (TPSA) is 57.1 Å². The van der Waals surface area contributed by atoms with Crippen LogP contribution in [-0.4, -0.2) is 41.5 Å². The number of aliphatic imine (C=N–C) groups is 1. The third-order valence-corrected chi connectivity index (χ3v) is 17.3. The zero-order valence-corrected chi connectivity index (χ0v) is 29.0. The minimum absolute atomic E-state index is 0.0377. The third-order valence-electron chi connectivity index (χ3n) is 8.24. The van der Waals surface area contributed by atoms with Crippen LogP contribution >= 0.6 is 11.6 Å². The van der Waals surface area contributed by atoms with Crippen LogP contribution in [0.5, 0.6) is 11.5 Å². The standard InChI is InChI=1S/C31H50ClNO4Si2/c1-22-18-16-14-13-15-17-19-23(33-8)20-24-27(29(34)35-22)25(36-38(9,10)30(2,3)4)21-26(28(24)32)37-39(11,12)31(5,6)7/h14,16-17,19,21-22H,13,15,18,20H2,1-12H3/b16-14+,19-17+,33-23?/t22-/m1/s1. The van der Waals surface area contributed by atoms with E-state index in [1.807, 2.05) is 19.1 Å². The average molecular weight is 592 g/mol. The SMILES string of the molecule is CN=C1/C=C/CC/C=C/C[C@@H](C)OC(=O)c2c(O[Si](C)(C)C(C)(C)C)cc(O[Si](C)(C)C(C)(C)C)c(Cl)c2C1. The highest BCUT2D eigenvalue weighted by atomic mass is 35.5. The summed E-state index contributed by atoms with van der Waals surface area (Å²) in [6, 6.07) is 1.83. The van der Waals surface area contributed by atoms with Gasteiger partial charge in [0.2, 0.25) is 0 Å². The Morgan fingerprint density at radius 2 is 1.46 bits per heavy atom. The first-order valence-corrected chi connectivity index (χ1v) is 20.2. The van der Waals surface area contributed by atoms with Gasteiger partial charge in [-0.25, -0.2) is 4.79 Å². The van der Waals surface area contributed by atoms with Crippen LogP contribution in [0, 0.1) is 0 Å². The molecule has 1 aliphatic rings. The Balaban J connectivity index is 2.89. The molecule has 1 aromatic carbocycles. The van der Waals surface area contributed by atoms with Crippen LogP contribution in [0.4, 0.5) is 0 Å². The number of carbonyl (C=O) groups excluding carboxylic acids is 1. The highest BCUT2D eigenvalue weighted by Gasteiger charge is 2.42. The van der Waals surface area contributed by atoms with Gasteiger partial charge in [-0.2, -0.15) is 0 Å². The molecule has 0 bridgehead atoms. The van der Waals surface area contributed by atoms with E-state index in [9.17, 15) is 4.79 Å². The van der Waals surface area contributed by atoms with Gasteiger partial charge in [-0.1, -0.05) is 71.4 Å². The number of cyclic esters (lactones) is 1. The Morgan fingerprint density at radius 3 is 2.00 bits per heavy atom. The third kappa shape index (κ3) is 8.57. The van der Waals surface area contributed by atoms with Crippen LogP contribution in [0.15, 0.2) is 35.4 Å². The zero-order chi connectivity index (χ0) is 29.8. The van der Waals surface area contributed by atoms with Crippen molar-refractivity contribution in [2.45, 2.75) is 117 Å². The minimum atomic E-state index is -2.35. The number of esters is 1. The molecule has 8 heteroatoms. The fourth-order valence-electron chi connectivity index (χ4n) is 3.56. The van der Waals surface area contributed by atoms with Gasteiger partial charge in [-0.05, 0) is 67.7 Å². The molecule has 0 saturated carbocycles. The summed E-state index contributed by atoms with van der Waals surface area (Å²) in [6.07, 6.45) is 10.9. The average Bonchev–Trinajstić information content (AvgIpc) is 2.77. The number of fused-ring (bicyclic) bond motifs is 1. The molecule has 5 nitrogen and oxygen atoms in total. The lowest BCUT2D eigenvalue weighted by Gasteiger charge is -2.39. The number of hydrogen-bond donors (Lipinski definition) is 0. The lowest BCUT2D eigenvalue weighted by Crippen LogP contribution is -2.45. The number of halogens is 1. The molecule has 1 aromatic rings. The first-order chi connectivity index (χ1) is 17.8. The number of rotatable bonds is 4. The van der Waals surface area contributed by atoms with Crippen LogP contribution in [0.1, 0.15) is 83.7 Å². The van der Waals surface area contributed by atoms with Gasteiger partial charge in [0.25, 0.3) is 16.6 Å². The monoisotopic (exact) mass is 591 g/mol. The van der Waals surface area contributed by atoms with Gasteiger partial charge in [-0.3, -0.25) is 4.99 Å². The predicted octanol–water partition coefficient (Wildman–Crippen LogP) is 9.56. The predicted molar refractivity (Wildman–Crippen MR) is 171 cm³/mol. The van der Waals surface area contributed by atoms with Gasteiger partial charge in [0, 0.05) is 31.7 Å². The lowest BCUT2D eigenvalue weighted by molar-refractivity contribution is 0.0344. The van der Waals surface area contributed by atoms with Crippen molar-refractivity contribution < 1.29 is 18.4 Å². The number of ether oxygens (including phenoxy) is 1. The van der Waals surface area contributed by atoms with Crippen molar-refractivity contribution in [1.82, 2.24) is 0 Å². The number of carbonyl (C=O) groups is 1. The summed E-state index contributed by atoms with van der Waals surface area (Å²) in [5, 5.41) is 0.301. The summed E-state index contributed by atoms with van der Waals surface area (Å²) >= 11 is 7.15. The molecular weight excluding hydrogens is 542 g/mol. The van der Waals surface area contributed by atoms with E-state index in [-0.39, 0.29) is 16.2 Å². The largest absolute Gasteiger partial charge is 0.543 e. The molecule has 0 aromatic heterocycles. The summed E-state index contributed by atoms with van der Waals surface area (Å²) < 4.78 is 19.6. The highest BCUT2D eigenvalue weighted by Crippen LogP contribution is 2.46. The Bertz CT molecular complexity index is 1120. The lowest BCUT2D eigenvalue weighted by atomic mass is 9.99. The van der Waals surface area contributed by atoms with Crippen LogP contribution in [0.3, 0.4) is 0 Å². The molecule has 0 saturated heterocycles. The Morgan fingerprint density at radius 1 is 0.923 bits per heavy atom. The van der Waals surface area contributed by atoms with Crippen molar-refractivity contribution in [2.75, 3.05) is 7.05 Å². The van der Waals surface area contributed by atoms with Crippen molar-refractivity contribution >= 4 is 39.9 Å². The molecule has 0 spiro atoms. The molecule has 0 radical (unpaired) electrons. The normalized spacial score (nSPS) is 21.0. The van der Waals surface area contributed by atoms with Crippen LogP contribution in [-0.2, 0) is 11.2 Å². The molecule has 0 fully saturated rings. The van der Waals surface area contributed by atoms with Crippen molar-refractivity contribution in [2.24, 2.45) is 4.99 Å². The molecule has 0 aliphatic carbocycles. The van der Waals surface area contributed by atoms with E-state index >= 15 is 0 Å². The quantitative estimate of drug-likeness (QED) is 0.199. The highest BCUT2D eigenvalue weighted by molar-refractivity contribution is 6.75. The van der Waals surface area contributed by atoms with Crippen LogP contribution in [0.25, 0.3) is 0 Å². The fourth-order valence-corrected chi connectivity index (χ4v) is 5.92. The Labute approximate surface area is 244 Å². The van der Waals surface area contributed by atoms with Crippen molar-refractivity contribution in [3.05, 3.63) is 46.5 Å². The van der Waals surface area contributed by atoms with Crippen LogP contribution < -0.4 is 8.85 Å². The summed E-state index contributed by atoms with van der Waals surface area (Å²) in [4.78, 5) is 18.4. The van der Waals surface area contributed by atoms with E-state index in [0.717, 1.165) is 18.6 Å². The summed E-state index contributed by atoms with van der Waals surface area (Å²) in [5.74, 6) is 0.603. The minimum Gasteiger partial charge on any atom is -0.543 e. The van der Waals surface area contributed by atoms with Gasteiger partial charge in [0.15, 0.2) is 0 Å². The second-order valence-electron chi connectivity index (χ2n) is 13.6. The van der Waals surface area contributed by atoms with Crippen molar-refractivity contribution in [3.63, 3.8) is 0 Å². The molecule has 1 atom stereocenters. The zero-order valence-electron chi connectivity index (χ0n) is 26.3. The number of allylic oxidation sites excluding steroid dienone is 3. The summed E-state index contributed by atoms with van der Waals surface area (Å²) in [5.41, 5.74) is 1.83. The molecule has 1 heterocycles. The number of hydrogen-bond acceptors (Lipinski definition) is 5. The Hall–Kier alpha value is -1.84. The van der Waals surface area contributed by atoms with Gasteiger partial charge in [0.05, 0.1) is 5.02 Å². The smallest absolute Gasteiger partial charge is 0.342 e. The van der Waals surface area contributed by atoms with E-state index in [2.05, 4.69) is 91.0 Å². The van der Waals surface area contributed by atoms with Crippen LogP contribution in [0.2, 0.25) is 41.3 Å². The fraction of sp³-hybridized carbons (Fsp3) is 0.613. The molecule has 1 aliphatic heterocycles. The molecule has 218 valence electrons. The molecule has 39 heavy (non-hydrogen) atoms. The van der Waals surface area contributed by atoms with E-state index < -0.39 is 22.6 Å². The Kier molecular flexibility index (Phi) is 10.9. The first-order valence-electron chi connectivity index (χ1n) is 14.0. The maximum Gasteiger partial charge on any atom is 0.342 e. The molecule has 0 unspecified atom stereocenters. The van der Waals surface area contributed by atoms with E-state index in [0.29, 0.717) is 40.5 Å². The molecule has 0 amide bonds. The second-order valence-corrected chi connectivity index (χ2v) is 23.4. The van der Waals surface area contributed by atoms with Gasteiger partial charge in [-0.15, -0.1) is 0 Å². The number of benzene rings is 1. The van der Waals surface area contributed by atoms with E-state index in [1.165, 1.54) is 0 Å². The summed E-state index contributed by atoms with van der Waals surface area (Å²) in [7, 11) is -2.84. The maximum absolute atomic E-state index is 13.9. The van der Waals surface area contributed by atoms with Gasteiger partial charge >= 0.3 is 5.97 Å². The number of nitrogens with zero attached hydrogens (tertiary/aromatic N) is 1. The molecule has 0 N–H and O–H groups in total. The van der Waals surface area contributed by atoms with Crippen molar-refractivity contribution in [1.29, 1.82) is 0 Å². The van der Waals surface area contributed by atoms with Crippen molar-refractivity contribution in [3.8, 4) is 11.5 Å². The maximum atomic E-state index is 13.9. The van der Waals surface area contributed by atoms with Gasteiger partial charge in [0.1, 0.15) is 23.2 Å². The van der Waals surface area contributed by atoms with E-state index in [4.69, 9.17) is 25.2 Å².